The van der Waals surface area contributed by atoms with Crippen LogP contribution in [0.15, 0.2) is 33.3 Å². The lowest BCUT2D eigenvalue weighted by Gasteiger charge is -2.03. The first-order valence-electron chi connectivity index (χ1n) is 7.61. The summed E-state index contributed by atoms with van der Waals surface area (Å²) in [6.07, 6.45) is 0.757. The van der Waals surface area contributed by atoms with Gasteiger partial charge >= 0.3 is 0 Å². The molecule has 0 fully saturated rings. The molecular formula is C16H18N4O3S. The molecule has 0 aliphatic rings. The van der Waals surface area contributed by atoms with Crippen molar-refractivity contribution in [3.8, 4) is 17.1 Å². The minimum atomic E-state index is 0.0550. The molecule has 0 amide bonds. The molecule has 126 valence electrons. The number of hydrogen-bond donors (Lipinski definition) is 0. The normalized spacial score (nSPS) is 12.3. The molecule has 3 aromatic rings. The van der Waals surface area contributed by atoms with Crippen LogP contribution >= 0.6 is 11.8 Å². The fraction of sp³-hybridized carbons (Fsp3) is 0.375. The fourth-order valence-electron chi connectivity index (χ4n) is 2.10. The predicted octanol–water partition coefficient (Wildman–Crippen LogP) is 3.69. The van der Waals surface area contributed by atoms with Gasteiger partial charge in [-0.15, -0.1) is 11.8 Å². The quantitative estimate of drug-likeness (QED) is 0.640. The molecule has 2 heterocycles. The summed E-state index contributed by atoms with van der Waals surface area (Å²) in [6.45, 7) is 4.00. The van der Waals surface area contributed by atoms with Crippen LogP contribution in [0.3, 0.4) is 0 Å². The number of nitrogens with zero attached hydrogens (tertiary/aromatic N) is 4. The summed E-state index contributed by atoms with van der Waals surface area (Å²) in [5.41, 5.74) is 0.803. The van der Waals surface area contributed by atoms with Crippen molar-refractivity contribution in [2.24, 2.45) is 0 Å². The van der Waals surface area contributed by atoms with E-state index in [2.05, 4.69) is 20.3 Å². The maximum atomic E-state index is 5.33. The second-order valence-corrected chi connectivity index (χ2v) is 6.40. The summed E-state index contributed by atoms with van der Waals surface area (Å²) in [5.74, 6) is 3.66. The van der Waals surface area contributed by atoms with E-state index in [0.29, 0.717) is 34.9 Å². The van der Waals surface area contributed by atoms with E-state index in [9.17, 15) is 0 Å². The van der Waals surface area contributed by atoms with Gasteiger partial charge in [0.1, 0.15) is 5.75 Å². The minimum Gasteiger partial charge on any atom is -0.496 e. The second-order valence-electron chi connectivity index (χ2n) is 5.07. The number of methoxy groups -OCH3 is 1. The lowest BCUT2D eigenvalue weighted by atomic mass is 10.2. The Morgan fingerprint density at radius 2 is 2.00 bits per heavy atom. The van der Waals surface area contributed by atoms with Crippen LogP contribution in [-0.4, -0.2) is 27.4 Å². The minimum absolute atomic E-state index is 0.0550. The van der Waals surface area contributed by atoms with Gasteiger partial charge in [0.25, 0.3) is 0 Å². The van der Waals surface area contributed by atoms with Crippen LogP contribution in [-0.2, 0) is 12.2 Å². The summed E-state index contributed by atoms with van der Waals surface area (Å²) in [7, 11) is 1.62. The standard InChI is InChI=1S/C16H18N4O3S/c1-4-13-17-16(23-19-13)10(2)24-9-14-18-15(20-22-14)11-7-5-6-8-12(11)21-3/h5-8,10H,4,9H2,1-3H3/t10-/m0/s1. The number of rotatable bonds is 7. The third-order valence-electron chi connectivity index (χ3n) is 3.42. The van der Waals surface area contributed by atoms with Gasteiger partial charge < -0.3 is 13.8 Å². The van der Waals surface area contributed by atoms with E-state index < -0.39 is 0 Å². The van der Waals surface area contributed by atoms with Crippen LogP contribution in [0.5, 0.6) is 5.75 Å². The molecule has 1 aromatic carbocycles. The average Bonchev–Trinajstić information content (AvgIpc) is 3.29. The summed E-state index contributed by atoms with van der Waals surface area (Å²) < 4.78 is 15.9. The monoisotopic (exact) mass is 346 g/mol. The van der Waals surface area contributed by atoms with E-state index >= 15 is 0 Å². The highest BCUT2D eigenvalue weighted by molar-refractivity contribution is 7.98. The van der Waals surface area contributed by atoms with E-state index in [-0.39, 0.29) is 5.25 Å². The van der Waals surface area contributed by atoms with E-state index in [4.69, 9.17) is 13.8 Å². The Kier molecular flexibility index (Phi) is 5.14. The predicted molar refractivity (Wildman–Crippen MR) is 89.7 cm³/mol. The van der Waals surface area contributed by atoms with Crippen molar-refractivity contribution < 1.29 is 13.8 Å². The third kappa shape index (κ3) is 3.59. The lowest BCUT2D eigenvalue weighted by molar-refractivity contribution is 0.374. The summed E-state index contributed by atoms with van der Waals surface area (Å²) in [5, 5.41) is 8.00. The molecular weight excluding hydrogens is 328 g/mol. The van der Waals surface area contributed by atoms with Gasteiger partial charge in [-0.3, -0.25) is 0 Å². The Labute approximate surface area is 143 Å². The highest BCUT2D eigenvalue weighted by Gasteiger charge is 2.17. The van der Waals surface area contributed by atoms with Gasteiger partial charge in [-0.25, -0.2) is 0 Å². The topological polar surface area (TPSA) is 87.1 Å². The molecule has 0 saturated heterocycles. The van der Waals surface area contributed by atoms with Crippen molar-refractivity contribution in [3.63, 3.8) is 0 Å². The fourth-order valence-corrected chi connectivity index (χ4v) is 2.84. The number of aryl methyl sites for hydroxylation is 1. The van der Waals surface area contributed by atoms with Crippen LogP contribution in [0.1, 0.15) is 36.7 Å². The number of ether oxygens (including phenoxy) is 1. The number of para-hydroxylation sites is 1. The summed E-state index contributed by atoms with van der Waals surface area (Å²) >= 11 is 1.60. The van der Waals surface area contributed by atoms with E-state index in [1.807, 2.05) is 38.1 Å². The summed E-state index contributed by atoms with van der Waals surface area (Å²) in [6, 6.07) is 7.57. The number of hydrogen-bond acceptors (Lipinski definition) is 8. The molecule has 0 unspecified atom stereocenters. The second kappa shape index (κ2) is 7.48. The van der Waals surface area contributed by atoms with Crippen LogP contribution in [0.4, 0.5) is 0 Å². The molecule has 0 aliphatic heterocycles. The molecule has 0 saturated carbocycles. The molecule has 3 rings (SSSR count). The molecule has 0 bridgehead atoms. The molecule has 8 heteroatoms. The lowest BCUT2D eigenvalue weighted by Crippen LogP contribution is -1.92. The molecule has 2 aromatic heterocycles. The Bertz CT molecular complexity index is 802. The zero-order valence-electron chi connectivity index (χ0n) is 13.7. The van der Waals surface area contributed by atoms with Gasteiger partial charge in [0.05, 0.1) is 23.7 Å². The molecule has 0 radical (unpaired) electrons. The maximum Gasteiger partial charge on any atom is 0.239 e. The van der Waals surface area contributed by atoms with Gasteiger partial charge in [-0.05, 0) is 19.1 Å². The first-order valence-corrected chi connectivity index (χ1v) is 8.66. The molecule has 24 heavy (non-hydrogen) atoms. The van der Waals surface area contributed by atoms with Gasteiger partial charge in [0, 0.05) is 6.42 Å². The van der Waals surface area contributed by atoms with Crippen LogP contribution in [0.2, 0.25) is 0 Å². The van der Waals surface area contributed by atoms with Gasteiger partial charge in [0.2, 0.25) is 17.6 Å². The largest absolute Gasteiger partial charge is 0.496 e. The zero-order valence-corrected chi connectivity index (χ0v) is 14.5. The van der Waals surface area contributed by atoms with Crippen molar-refractivity contribution in [1.29, 1.82) is 0 Å². The van der Waals surface area contributed by atoms with Gasteiger partial charge in [-0.1, -0.05) is 29.4 Å². The van der Waals surface area contributed by atoms with E-state index in [0.717, 1.165) is 12.0 Å². The van der Waals surface area contributed by atoms with Crippen LogP contribution in [0, 0.1) is 0 Å². The summed E-state index contributed by atoms with van der Waals surface area (Å²) in [4.78, 5) is 8.77. The van der Waals surface area contributed by atoms with Crippen molar-refractivity contribution in [3.05, 3.63) is 41.9 Å². The number of thioether (sulfide) groups is 1. The van der Waals surface area contributed by atoms with Gasteiger partial charge in [0.15, 0.2) is 5.82 Å². The van der Waals surface area contributed by atoms with Crippen molar-refractivity contribution in [1.82, 2.24) is 20.3 Å². The maximum absolute atomic E-state index is 5.33. The third-order valence-corrected chi connectivity index (χ3v) is 4.54. The first kappa shape index (κ1) is 16.5. The molecule has 0 aliphatic carbocycles. The van der Waals surface area contributed by atoms with Crippen molar-refractivity contribution in [2.75, 3.05) is 7.11 Å². The SMILES string of the molecule is CCc1noc([C@H](C)SCc2nc(-c3ccccc3OC)no2)n1. The van der Waals surface area contributed by atoms with E-state index in [1.54, 1.807) is 18.9 Å². The number of benzene rings is 1. The van der Waals surface area contributed by atoms with Crippen molar-refractivity contribution in [2.45, 2.75) is 31.3 Å². The van der Waals surface area contributed by atoms with Crippen LogP contribution < -0.4 is 4.74 Å². The van der Waals surface area contributed by atoms with E-state index in [1.165, 1.54) is 0 Å². The molecule has 0 spiro atoms. The molecule has 7 nitrogen and oxygen atoms in total. The van der Waals surface area contributed by atoms with Crippen LogP contribution in [0.25, 0.3) is 11.4 Å². The first-order chi connectivity index (χ1) is 11.7. The Morgan fingerprint density at radius 1 is 1.17 bits per heavy atom. The zero-order chi connectivity index (χ0) is 16.9. The Hall–Kier alpha value is -2.35. The average molecular weight is 346 g/mol. The smallest absolute Gasteiger partial charge is 0.239 e. The Morgan fingerprint density at radius 3 is 2.75 bits per heavy atom. The van der Waals surface area contributed by atoms with Crippen molar-refractivity contribution >= 4 is 11.8 Å². The number of aromatic nitrogens is 4. The Balaban J connectivity index is 1.66. The molecule has 1 atom stereocenters. The highest BCUT2D eigenvalue weighted by atomic mass is 32.2. The van der Waals surface area contributed by atoms with Gasteiger partial charge in [-0.2, -0.15) is 9.97 Å². The molecule has 0 N–H and O–H groups in total. The highest BCUT2D eigenvalue weighted by Crippen LogP contribution is 2.31.